The molecule has 2 aromatic rings. The van der Waals surface area contributed by atoms with E-state index in [1.165, 1.54) is 17.7 Å². The fraction of sp³-hybridized carbons (Fsp3) is 0.533. The molecule has 0 radical (unpaired) electrons. The Balaban J connectivity index is 1.63. The number of thiazole rings is 1. The zero-order valence-corrected chi connectivity index (χ0v) is 12.1. The smallest absolute Gasteiger partial charge is 0.186 e. The Labute approximate surface area is 122 Å². The number of aliphatic hydroxyl groups is 1. The Kier molecular flexibility index (Phi) is 3.04. The zero-order valence-electron chi connectivity index (χ0n) is 11.3. The van der Waals surface area contributed by atoms with Gasteiger partial charge in [0.25, 0.3) is 0 Å². The Bertz CT molecular complexity index is 589. The first-order valence-corrected chi connectivity index (χ1v) is 8.09. The van der Waals surface area contributed by atoms with Gasteiger partial charge in [-0.15, -0.1) is 11.3 Å². The van der Waals surface area contributed by atoms with Crippen LogP contribution in [0, 0.1) is 0 Å². The highest BCUT2D eigenvalue weighted by atomic mass is 32.1. The lowest BCUT2D eigenvalue weighted by Crippen LogP contribution is -2.24. The maximum atomic E-state index is 10.1. The second kappa shape index (κ2) is 4.90. The van der Waals surface area contributed by atoms with Crippen LogP contribution >= 0.6 is 11.3 Å². The van der Waals surface area contributed by atoms with E-state index in [0.29, 0.717) is 6.04 Å². The van der Waals surface area contributed by atoms with Crippen molar-refractivity contribution in [1.82, 2.24) is 4.98 Å². The third-order valence-electron chi connectivity index (χ3n) is 4.05. The van der Waals surface area contributed by atoms with E-state index >= 15 is 0 Å². The lowest BCUT2D eigenvalue weighted by molar-refractivity contribution is 0.153. The number of rotatable bonds is 4. The van der Waals surface area contributed by atoms with Gasteiger partial charge in [-0.3, -0.25) is 0 Å². The van der Waals surface area contributed by atoms with Gasteiger partial charge in [0.1, 0.15) is 5.76 Å². The number of furan rings is 1. The van der Waals surface area contributed by atoms with E-state index in [9.17, 15) is 5.11 Å². The molecule has 5 heteroatoms. The van der Waals surface area contributed by atoms with Crippen LogP contribution in [0.4, 0.5) is 5.13 Å². The topological polar surface area (TPSA) is 49.5 Å². The molecule has 1 unspecified atom stereocenters. The van der Waals surface area contributed by atoms with Crippen LogP contribution in [0.25, 0.3) is 0 Å². The summed E-state index contributed by atoms with van der Waals surface area (Å²) in [5, 5.41) is 11.1. The summed E-state index contributed by atoms with van der Waals surface area (Å²) in [6.45, 7) is 0.778. The van der Waals surface area contributed by atoms with Crippen LogP contribution in [0.5, 0.6) is 0 Å². The van der Waals surface area contributed by atoms with Gasteiger partial charge in [-0.2, -0.15) is 0 Å². The molecule has 0 amide bonds. The van der Waals surface area contributed by atoms with Crippen LogP contribution in [-0.2, 0) is 13.0 Å². The number of nitrogens with zero attached hydrogens (tertiary/aromatic N) is 2. The van der Waals surface area contributed by atoms with Crippen LogP contribution in [0.3, 0.4) is 0 Å². The predicted octanol–water partition coefficient (Wildman–Crippen LogP) is 3.27. The van der Waals surface area contributed by atoms with E-state index in [4.69, 9.17) is 9.40 Å². The van der Waals surface area contributed by atoms with E-state index in [1.54, 1.807) is 17.6 Å². The van der Waals surface area contributed by atoms with E-state index in [-0.39, 0.29) is 6.10 Å². The first-order valence-electron chi connectivity index (χ1n) is 7.28. The minimum atomic E-state index is -0.367. The van der Waals surface area contributed by atoms with Gasteiger partial charge in [0, 0.05) is 10.9 Å². The minimum Gasteiger partial charge on any atom is -0.467 e. The molecule has 106 valence electrons. The predicted molar refractivity (Wildman–Crippen MR) is 77.9 cm³/mol. The van der Waals surface area contributed by atoms with Crippen molar-refractivity contribution in [2.45, 2.75) is 50.8 Å². The average Bonchev–Trinajstić information content (AvgIpc) is 2.99. The molecule has 1 saturated carbocycles. The van der Waals surface area contributed by atoms with Crippen LogP contribution < -0.4 is 4.90 Å². The molecule has 0 saturated heterocycles. The SMILES string of the molecule is OC1CCCc2sc(N(Cc3ccco3)C3CC3)nc21. The molecule has 1 fully saturated rings. The maximum absolute atomic E-state index is 10.1. The van der Waals surface area contributed by atoms with Crippen molar-refractivity contribution in [3.8, 4) is 0 Å². The number of aliphatic hydroxyl groups excluding tert-OH is 1. The van der Waals surface area contributed by atoms with E-state index in [0.717, 1.165) is 42.4 Å². The molecule has 2 aromatic heterocycles. The molecule has 0 bridgehead atoms. The first-order chi connectivity index (χ1) is 9.81. The lowest BCUT2D eigenvalue weighted by atomic mass is 10.0. The number of anilines is 1. The second-order valence-corrected chi connectivity index (χ2v) is 6.71. The van der Waals surface area contributed by atoms with Crippen molar-refractivity contribution in [3.05, 3.63) is 34.7 Å². The monoisotopic (exact) mass is 290 g/mol. The largest absolute Gasteiger partial charge is 0.467 e. The second-order valence-electron chi connectivity index (χ2n) is 5.65. The summed E-state index contributed by atoms with van der Waals surface area (Å²) in [7, 11) is 0. The Morgan fingerprint density at radius 2 is 2.30 bits per heavy atom. The maximum Gasteiger partial charge on any atom is 0.186 e. The summed E-state index contributed by atoms with van der Waals surface area (Å²) in [6, 6.07) is 4.53. The molecule has 0 spiro atoms. The van der Waals surface area contributed by atoms with E-state index < -0.39 is 0 Å². The molecule has 2 aliphatic rings. The van der Waals surface area contributed by atoms with Crippen molar-refractivity contribution in [1.29, 1.82) is 0 Å². The third-order valence-corrected chi connectivity index (χ3v) is 5.22. The molecule has 4 rings (SSSR count). The Morgan fingerprint density at radius 3 is 3.00 bits per heavy atom. The Hall–Kier alpha value is -1.33. The van der Waals surface area contributed by atoms with Gasteiger partial charge in [0.15, 0.2) is 5.13 Å². The van der Waals surface area contributed by atoms with Gasteiger partial charge in [0.05, 0.1) is 24.6 Å². The highest BCUT2D eigenvalue weighted by Gasteiger charge is 2.33. The third kappa shape index (κ3) is 2.25. The van der Waals surface area contributed by atoms with Gasteiger partial charge in [-0.25, -0.2) is 4.98 Å². The van der Waals surface area contributed by atoms with Crippen molar-refractivity contribution in [2.24, 2.45) is 0 Å². The number of fused-ring (bicyclic) bond motifs is 1. The number of hydrogen-bond acceptors (Lipinski definition) is 5. The first kappa shape index (κ1) is 12.4. The van der Waals surface area contributed by atoms with Gasteiger partial charge >= 0.3 is 0 Å². The van der Waals surface area contributed by atoms with E-state index in [2.05, 4.69) is 4.90 Å². The fourth-order valence-corrected chi connectivity index (χ4v) is 4.04. The highest BCUT2D eigenvalue weighted by Crippen LogP contribution is 2.40. The molecule has 20 heavy (non-hydrogen) atoms. The van der Waals surface area contributed by atoms with Gasteiger partial charge < -0.3 is 14.4 Å². The van der Waals surface area contributed by atoms with Gasteiger partial charge in [-0.1, -0.05) is 0 Å². The zero-order chi connectivity index (χ0) is 13.5. The molecular formula is C15H18N2O2S. The molecule has 2 aliphatic carbocycles. The normalized spacial score (nSPS) is 21.8. The van der Waals surface area contributed by atoms with Crippen molar-refractivity contribution >= 4 is 16.5 Å². The van der Waals surface area contributed by atoms with Crippen LogP contribution in [-0.4, -0.2) is 16.1 Å². The molecule has 0 aromatic carbocycles. The Morgan fingerprint density at radius 1 is 1.40 bits per heavy atom. The van der Waals surface area contributed by atoms with Gasteiger partial charge in [0.2, 0.25) is 0 Å². The van der Waals surface area contributed by atoms with Crippen molar-refractivity contribution in [3.63, 3.8) is 0 Å². The summed E-state index contributed by atoms with van der Waals surface area (Å²) >= 11 is 1.75. The van der Waals surface area contributed by atoms with E-state index in [1.807, 2.05) is 12.1 Å². The summed E-state index contributed by atoms with van der Waals surface area (Å²) in [5.41, 5.74) is 0.918. The minimum absolute atomic E-state index is 0.367. The molecule has 1 N–H and O–H groups in total. The lowest BCUT2D eigenvalue weighted by Gasteiger charge is -2.20. The average molecular weight is 290 g/mol. The summed E-state index contributed by atoms with van der Waals surface area (Å²) in [6.07, 6.45) is 6.78. The number of aromatic nitrogens is 1. The van der Waals surface area contributed by atoms with Crippen molar-refractivity contribution < 1.29 is 9.52 Å². The van der Waals surface area contributed by atoms with Crippen LogP contribution in [0.1, 0.15) is 48.1 Å². The molecule has 1 atom stereocenters. The molecule has 0 aliphatic heterocycles. The number of hydrogen-bond donors (Lipinski definition) is 1. The fourth-order valence-electron chi connectivity index (χ4n) is 2.82. The highest BCUT2D eigenvalue weighted by molar-refractivity contribution is 7.15. The van der Waals surface area contributed by atoms with Crippen LogP contribution in [0.2, 0.25) is 0 Å². The quantitative estimate of drug-likeness (QED) is 0.939. The summed E-state index contributed by atoms with van der Waals surface area (Å²) in [5.74, 6) is 0.977. The molecular weight excluding hydrogens is 272 g/mol. The summed E-state index contributed by atoms with van der Waals surface area (Å²) < 4.78 is 5.47. The number of aryl methyl sites for hydroxylation is 1. The van der Waals surface area contributed by atoms with Crippen LogP contribution in [0.15, 0.2) is 22.8 Å². The summed E-state index contributed by atoms with van der Waals surface area (Å²) in [4.78, 5) is 8.34. The molecule has 2 heterocycles. The van der Waals surface area contributed by atoms with Crippen molar-refractivity contribution in [2.75, 3.05) is 4.90 Å². The standard InChI is InChI=1S/C15H18N2O2S/c18-12-4-1-5-13-14(12)16-15(20-13)17(10-6-7-10)9-11-3-2-8-19-11/h2-3,8,10,12,18H,1,4-7,9H2. The van der Waals surface area contributed by atoms with Gasteiger partial charge in [-0.05, 0) is 44.2 Å². The molecule has 4 nitrogen and oxygen atoms in total.